The Balaban J connectivity index is 1.88. The first-order chi connectivity index (χ1) is 8.56. The highest BCUT2D eigenvalue weighted by atomic mass is 16.2. The van der Waals surface area contributed by atoms with Crippen molar-refractivity contribution in [1.29, 1.82) is 0 Å². The molecule has 18 heavy (non-hydrogen) atoms. The van der Waals surface area contributed by atoms with E-state index in [0.717, 1.165) is 19.3 Å². The Hall–Kier alpha value is -1.82. The number of hydrogen-bond acceptors (Lipinski definition) is 3. The predicted molar refractivity (Wildman–Crippen MR) is 67.9 cm³/mol. The number of amides is 2. The van der Waals surface area contributed by atoms with Crippen LogP contribution in [0.4, 0.5) is 5.69 Å². The number of rotatable bonds is 4. The molecular formula is C12H18N4O2. The number of primary amides is 1. The first-order valence-corrected chi connectivity index (χ1v) is 6.10. The fraction of sp³-hybridized carbons (Fsp3) is 0.500. The molecule has 1 aliphatic carbocycles. The second-order valence-corrected chi connectivity index (χ2v) is 4.77. The smallest absolute Gasteiger partial charge is 0.265 e. The van der Waals surface area contributed by atoms with E-state index in [0.29, 0.717) is 12.1 Å². The molecule has 0 bridgehead atoms. The van der Waals surface area contributed by atoms with Crippen LogP contribution in [-0.4, -0.2) is 22.8 Å². The summed E-state index contributed by atoms with van der Waals surface area (Å²) in [6.45, 7) is 0. The van der Waals surface area contributed by atoms with Crippen LogP contribution < -0.4 is 16.8 Å². The van der Waals surface area contributed by atoms with Crippen LogP contribution in [0, 0.1) is 5.92 Å². The Kier molecular flexibility index (Phi) is 3.66. The lowest BCUT2D eigenvalue weighted by Gasteiger charge is -2.14. The predicted octanol–water partition coefficient (Wildman–Crippen LogP) is 0.570. The third-order valence-electron chi connectivity index (χ3n) is 3.40. The van der Waals surface area contributed by atoms with Gasteiger partial charge in [-0.1, -0.05) is 6.42 Å². The van der Waals surface area contributed by atoms with Crippen LogP contribution in [-0.2, 0) is 4.79 Å². The van der Waals surface area contributed by atoms with Crippen molar-refractivity contribution in [2.75, 3.05) is 5.32 Å². The molecule has 0 aliphatic heterocycles. The number of nitrogens with one attached hydrogen (secondary N) is 2. The maximum atomic E-state index is 11.8. The van der Waals surface area contributed by atoms with Crippen LogP contribution in [0.25, 0.3) is 0 Å². The quantitative estimate of drug-likeness (QED) is 0.626. The Bertz CT molecular complexity index is 455. The van der Waals surface area contributed by atoms with Gasteiger partial charge in [0.15, 0.2) is 0 Å². The lowest BCUT2D eigenvalue weighted by Crippen LogP contribution is -2.28. The number of aromatic nitrogens is 1. The lowest BCUT2D eigenvalue weighted by atomic mass is 10.00. The molecule has 0 spiro atoms. The molecule has 1 heterocycles. The molecule has 0 unspecified atom stereocenters. The maximum absolute atomic E-state index is 11.8. The number of nitrogens with two attached hydrogens (primary N) is 2. The molecule has 6 nitrogen and oxygen atoms in total. The Morgan fingerprint density at radius 2 is 2.22 bits per heavy atom. The van der Waals surface area contributed by atoms with E-state index >= 15 is 0 Å². The zero-order valence-corrected chi connectivity index (χ0v) is 10.1. The van der Waals surface area contributed by atoms with Crippen LogP contribution in [0.2, 0.25) is 0 Å². The van der Waals surface area contributed by atoms with Gasteiger partial charge in [0.2, 0.25) is 5.91 Å². The summed E-state index contributed by atoms with van der Waals surface area (Å²) >= 11 is 0. The summed E-state index contributed by atoms with van der Waals surface area (Å²) < 4.78 is 0. The molecule has 1 fully saturated rings. The summed E-state index contributed by atoms with van der Waals surface area (Å²) in [5, 5.41) is 2.73. The van der Waals surface area contributed by atoms with E-state index in [4.69, 9.17) is 11.5 Å². The number of H-pyrrole nitrogens is 1. The molecule has 1 saturated carbocycles. The second-order valence-electron chi connectivity index (χ2n) is 4.77. The molecule has 2 rings (SSSR count). The highest BCUT2D eigenvalue weighted by Crippen LogP contribution is 2.27. The van der Waals surface area contributed by atoms with Crippen LogP contribution in [0.3, 0.4) is 0 Å². The summed E-state index contributed by atoms with van der Waals surface area (Å²) in [4.78, 5) is 25.4. The largest absolute Gasteiger partial charge is 0.364 e. The number of aromatic amines is 1. The van der Waals surface area contributed by atoms with Crippen molar-refractivity contribution in [3.05, 3.63) is 18.0 Å². The van der Waals surface area contributed by atoms with Gasteiger partial charge in [-0.3, -0.25) is 9.59 Å². The average molecular weight is 250 g/mol. The fourth-order valence-corrected chi connectivity index (χ4v) is 2.38. The molecule has 2 amide bonds. The van der Waals surface area contributed by atoms with Crippen LogP contribution in [0.15, 0.2) is 12.3 Å². The van der Waals surface area contributed by atoms with Gasteiger partial charge in [-0.15, -0.1) is 0 Å². The van der Waals surface area contributed by atoms with Gasteiger partial charge in [0.05, 0.1) is 5.69 Å². The SMILES string of the molecule is NC(=O)c1cc(NC(=O)C[C@@H]2CCC[C@H]2N)c[nH]1. The Labute approximate surface area is 105 Å². The normalized spacial score (nSPS) is 22.9. The van der Waals surface area contributed by atoms with E-state index in [1.54, 1.807) is 6.20 Å². The van der Waals surface area contributed by atoms with Crippen molar-refractivity contribution >= 4 is 17.5 Å². The third-order valence-corrected chi connectivity index (χ3v) is 3.40. The topological polar surface area (TPSA) is 114 Å². The standard InChI is InChI=1S/C12H18N4O2/c13-9-3-1-2-7(9)4-11(17)16-8-5-10(12(14)18)15-6-8/h5-7,9,15H,1-4,13H2,(H2,14,18)(H,16,17)/t7-,9+/m0/s1. The zero-order chi connectivity index (χ0) is 13.1. The molecular weight excluding hydrogens is 232 g/mol. The highest BCUT2D eigenvalue weighted by molar-refractivity contribution is 5.95. The Morgan fingerprint density at radius 3 is 2.78 bits per heavy atom. The molecule has 0 aromatic carbocycles. The highest BCUT2D eigenvalue weighted by Gasteiger charge is 2.26. The first-order valence-electron chi connectivity index (χ1n) is 6.10. The molecule has 0 radical (unpaired) electrons. The minimum absolute atomic E-state index is 0.0765. The van der Waals surface area contributed by atoms with E-state index in [9.17, 15) is 9.59 Å². The monoisotopic (exact) mass is 250 g/mol. The maximum Gasteiger partial charge on any atom is 0.265 e. The summed E-state index contributed by atoms with van der Waals surface area (Å²) in [6.07, 6.45) is 5.07. The lowest BCUT2D eigenvalue weighted by molar-refractivity contribution is -0.117. The second kappa shape index (κ2) is 5.22. The van der Waals surface area contributed by atoms with Gasteiger partial charge < -0.3 is 21.8 Å². The van der Waals surface area contributed by atoms with Gasteiger partial charge in [-0.2, -0.15) is 0 Å². The van der Waals surface area contributed by atoms with E-state index in [1.807, 2.05) is 0 Å². The van der Waals surface area contributed by atoms with Crippen LogP contribution >= 0.6 is 0 Å². The van der Waals surface area contributed by atoms with Crippen molar-refractivity contribution in [2.24, 2.45) is 17.4 Å². The molecule has 6 N–H and O–H groups in total. The molecule has 1 aromatic heterocycles. The number of hydrogen-bond donors (Lipinski definition) is 4. The van der Waals surface area contributed by atoms with E-state index in [2.05, 4.69) is 10.3 Å². The number of carbonyl (C=O) groups is 2. The van der Waals surface area contributed by atoms with E-state index in [1.165, 1.54) is 6.07 Å². The van der Waals surface area contributed by atoms with Crippen molar-refractivity contribution in [3.8, 4) is 0 Å². The minimum atomic E-state index is -0.548. The number of carbonyl (C=O) groups excluding carboxylic acids is 2. The molecule has 1 aromatic rings. The Morgan fingerprint density at radius 1 is 1.44 bits per heavy atom. The third kappa shape index (κ3) is 2.89. The zero-order valence-electron chi connectivity index (χ0n) is 10.1. The molecule has 0 saturated heterocycles. The molecule has 6 heteroatoms. The van der Waals surface area contributed by atoms with Crippen molar-refractivity contribution in [3.63, 3.8) is 0 Å². The molecule has 98 valence electrons. The molecule has 2 atom stereocenters. The van der Waals surface area contributed by atoms with Gasteiger partial charge in [-0.25, -0.2) is 0 Å². The van der Waals surface area contributed by atoms with Crippen molar-refractivity contribution < 1.29 is 9.59 Å². The minimum Gasteiger partial charge on any atom is -0.364 e. The van der Waals surface area contributed by atoms with Gasteiger partial charge in [-0.05, 0) is 24.8 Å². The van der Waals surface area contributed by atoms with Gasteiger partial charge in [0, 0.05) is 18.7 Å². The van der Waals surface area contributed by atoms with Crippen LogP contribution in [0.1, 0.15) is 36.2 Å². The molecule has 1 aliphatic rings. The van der Waals surface area contributed by atoms with Crippen LogP contribution in [0.5, 0.6) is 0 Å². The summed E-state index contributed by atoms with van der Waals surface area (Å²) in [7, 11) is 0. The average Bonchev–Trinajstić information content (AvgIpc) is 2.89. The summed E-state index contributed by atoms with van der Waals surface area (Å²) in [5.41, 5.74) is 11.9. The fourth-order valence-electron chi connectivity index (χ4n) is 2.38. The number of anilines is 1. The van der Waals surface area contributed by atoms with Crippen molar-refractivity contribution in [2.45, 2.75) is 31.7 Å². The summed E-state index contributed by atoms with van der Waals surface area (Å²) in [5.74, 6) is -0.361. The summed E-state index contributed by atoms with van der Waals surface area (Å²) in [6, 6.07) is 1.65. The van der Waals surface area contributed by atoms with Crippen molar-refractivity contribution in [1.82, 2.24) is 4.98 Å². The first kappa shape index (κ1) is 12.6. The van der Waals surface area contributed by atoms with E-state index in [-0.39, 0.29) is 23.6 Å². The van der Waals surface area contributed by atoms with Gasteiger partial charge in [0.1, 0.15) is 5.69 Å². The van der Waals surface area contributed by atoms with E-state index < -0.39 is 5.91 Å². The van der Waals surface area contributed by atoms with Gasteiger partial charge in [0.25, 0.3) is 5.91 Å². The van der Waals surface area contributed by atoms with Gasteiger partial charge >= 0.3 is 0 Å².